The fourth-order valence-electron chi connectivity index (χ4n) is 3.14. The Morgan fingerprint density at radius 3 is 2.41 bits per heavy atom. The van der Waals surface area contributed by atoms with Gasteiger partial charge in [-0.2, -0.15) is 0 Å². The minimum atomic E-state index is -0.363. The number of aliphatic imine (C=N–C) groups is 1. The van der Waals surface area contributed by atoms with Crippen LogP contribution in [0.15, 0.2) is 82.7 Å². The third-order valence-corrected chi connectivity index (χ3v) is 5.95. The maximum absolute atomic E-state index is 11.0. The average Bonchev–Trinajstić information content (AvgIpc) is 2.88. The molecule has 3 aromatic rings. The van der Waals surface area contributed by atoms with E-state index in [9.17, 15) is 10.1 Å². The quantitative estimate of drug-likeness (QED) is 0.401. The van der Waals surface area contributed by atoms with Crippen LogP contribution in [0.5, 0.6) is 0 Å². The maximum Gasteiger partial charge on any atom is 0.269 e. The topological polar surface area (TPSA) is 55.5 Å². The molecule has 0 radical (unpaired) electrons. The third kappa shape index (κ3) is 3.78. The molecule has 3 aromatic carbocycles. The van der Waals surface area contributed by atoms with E-state index in [-0.39, 0.29) is 15.9 Å². The fourth-order valence-corrected chi connectivity index (χ4v) is 4.37. The number of hydrogen-bond acceptors (Lipinski definition) is 4. The molecule has 0 aromatic heterocycles. The molecule has 4 rings (SSSR count). The number of nitrogens with zero attached hydrogens (tertiary/aromatic N) is 2. The van der Waals surface area contributed by atoms with Gasteiger partial charge in [0.15, 0.2) is 0 Å². The Labute approximate surface area is 162 Å². The molecule has 0 fully saturated rings. The minimum Gasteiger partial charge on any atom is -0.258 e. The van der Waals surface area contributed by atoms with Crippen molar-refractivity contribution in [3.8, 4) is 0 Å². The van der Waals surface area contributed by atoms with Crippen LogP contribution in [-0.4, -0.2) is 10.6 Å². The summed E-state index contributed by atoms with van der Waals surface area (Å²) in [4.78, 5) is 16.7. The van der Waals surface area contributed by atoms with E-state index in [2.05, 4.69) is 37.3 Å². The Morgan fingerprint density at radius 1 is 1.00 bits per heavy atom. The Kier molecular flexibility index (Phi) is 4.77. The highest BCUT2D eigenvalue weighted by Crippen LogP contribution is 2.45. The zero-order valence-corrected chi connectivity index (χ0v) is 15.6. The molecule has 0 saturated heterocycles. The van der Waals surface area contributed by atoms with Crippen molar-refractivity contribution in [2.75, 3.05) is 0 Å². The smallest absolute Gasteiger partial charge is 0.258 e. The van der Waals surface area contributed by atoms with E-state index >= 15 is 0 Å². The van der Waals surface area contributed by atoms with Gasteiger partial charge in [0, 0.05) is 34.4 Å². The molecule has 1 aliphatic heterocycles. The van der Waals surface area contributed by atoms with Crippen LogP contribution in [-0.2, 0) is 0 Å². The summed E-state index contributed by atoms with van der Waals surface area (Å²) in [6.07, 6.45) is 0.764. The van der Waals surface area contributed by atoms with E-state index in [0.29, 0.717) is 0 Å². The maximum atomic E-state index is 11.0. The number of aryl methyl sites for hydroxylation is 1. The van der Waals surface area contributed by atoms with Gasteiger partial charge in [-0.25, -0.2) is 0 Å². The Morgan fingerprint density at radius 2 is 1.70 bits per heavy atom. The molecule has 134 valence electrons. The highest BCUT2D eigenvalue weighted by Gasteiger charge is 2.23. The van der Waals surface area contributed by atoms with Crippen LogP contribution in [0.4, 0.5) is 11.4 Å². The SMILES string of the molecule is Cc1ccc(C2=Nc3ccccc3S[C@H](c3ccc([N+](=O)[O-])cc3)C2)cc1. The van der Waals surface area contributed by atoms with Crippen LogP contribution in [0, 0.1) is 17.0 Å². The number of non-ortho nitro benzene ring substituents is 1. The van der Waals surface area contributed by atoms with Crippen molar-refractivity contribution < 1.29 is 4.92 Å². The van der Waals surface area contributed by atoms with Gasteiger partial charge in [-0.15, -0.1) is 11.8 Å². The highest BCUT2D eigenvalue weighted by molar-refractivity contribution is 7.99. The second-order valence-corrected chi connectivity index (χ2v) is 7.80. The predicted molar refractivity (Wildman–Crippen MR) is 110 cm³/mol. The summed E-state index contributed by atoms with van der Waals surface area (Å²) in [7, 11) is 0. The molecule has 0 N–H and O–H groups in total. The summed E-state index contributed by atoms with van der Waals surface area (Å²) in [6.45, 7) is 2.07. The first-order valence-corrected chi connectivity index (χ1v) is 9.63. The van der Waals surface area contributed by atoms with Crippen LogP contribution in [0.3, 0.4) is 0 Å². The van der Waals surface area contributed by atoms with E-state index in [4.69, 9.17) is 4.99 Å². The summed E-state index contributed by atoms with van der Waals surface area (Å²) in [6, 6.07) is 23.4. The third-order valence-electron chi connectivity index (χ3n) is 4.63. The van der Waals surface area contributed by atoms with E-state index in [1.54, 1.807) is 23.9 Å². The van der Waals surface area contributed by atoms with Gasteiger partial charge in [0.1, 0.15) is 0 Å². The van der Waals surface area contributed by atoms with Crippen molar-refractivity contribution in [2.45, 2.75) is 23.5 Å². The molecule has 5 heteroatoms. The number of fused-ring (bicyclic) bond motifs is 1. The molecule has 0 unspecified atom stereocenters. The molecule has 0 bridgehead atoms. The number of hydrogen-bond donors (Lipinski definition) is 0. The van der Waals surface area contributed by atoms with Gasteiger partial charge in [0.05, 0.1) is 10.6 Å². The molecule has 1 heterocycles. The lowest BCUT2D eigenvalue weighted by molar-refractivity contribution is -0.384. The second-order valence-electron chi connectivity index (χ2n) is 6.55. The van der Waals surface area contributed by atoms with Crippen LogP contribution < -0.4 is 0 Å². The van der Waals surface area contributed by atoms with E-state index in [1.807, 2.05) is 30.3 Å². The van der Waals surface area contributed by atoms with Crippen LogP contribution in [0.2, 0.25) is 0 Å². The Balaban J connectivity index is 1.75. The molecular weight excluding hydrogens is 356 g/mol. The predicted octanol–water partition coefficient (Wildman–Crippen LogP) is 6.26. The van der Waals surface area contributed by atoms with Gasteiger partial charge < -0.3 is 0 Å². The van der Waals surface area contributed by atoms with Gasteiger partial charge in [0.25, 0.3) is 5.69 Å². The molecular formula is C22H18N2O2S. The minimum absolute atomic E-state index is 0.116. The number of nitro groups is 1. The lowest BCUT2D eigenvalue weighted by Gasteiger charge is -2.16. The molecule has 0 aliphatic carbocycles. The van der Waals surface area contributed by atoms with Gasteiger partial charge in [-0.3, -0.25) is 15.1 Å². The van der Waals surface area contributed by atoms with Crippen molar-refractivity contribution in [1.29, 1.82) is 0 Å². The first-order valence-electron chi connectivity index (χ1n) is 8.75. The Bertz CT molecular complexity index is 1010. The molecule has 27 heavy (non-hydrogen) atoms. The first kappa shape index (κ1) is 17.5. The first-order chi connectivity index (χ1) is 13.1. The molecule has 1 atom stereocenters. The number of para-hydroxylation sites is 1. The van der Waals surface area contributed by atoms with Crippen molar-refractivity contribution in [3.63, 3.8) is 0 Å². The van der Waals surface area contributed by atoms with Gasteiger partial charge in [-0.1, -0.05) is 54.1 Å². The normalized spacial score (nSPS) is 16.2. The van der Waals surface area contributed by atoms with E-state index in [0.717, 1.165) is 33.8 Å². The van der Waals surface area contributed by atoms with Crippen LogP contribution >= 0.6 is 11.8 Å². The standard InChI is InChI=1S/C22H18N2O2S/c1-15-6-8-16(9-7-15)20-14-22(17-10-12-18(13-11-17)24(25)26)27-21-5-3-2-4-19(21)23-20/h2-13,22H,14H2,1H3/t22-/m0/s1. The molecule has 0 spiro atoms. The van der Waals surface area contributed by atoms with Crippen molar-refractivity contribution in [2.24, 2.45) is 4.99 Å². The molecule has 1 aliphatic rings. The van der Waals surface area contributed by atoms with Crippen LogP contribution in [0.25, 0.3) is 0 Å². The number of nitro benzene ring substituents is 1. The summed E-state index contributed by atoms with van der Waals surface area (Å²) in [5.74, 6) is 0. The lowest BCUT2D eigenvalue weighted by Crippen LogP contribution is -2.05. The summed E-state index contributed by atoms with van der Waals surface area (Å²) in [5.41, 5.74) is 5.53. The summed E-state index contributed by atoms with van der Waals surface area (Å²) in [5, 5.41) is 11.1. The van der Waals surface area contributed by atoms with Crippen molar-refractivity contribution in [1.82, 2.24) is 0 Å². The van der Waals surface area contributed by atoms with E-state index in [1.165, 1.54) is 5.56 Å². The second kappa shape index (κ2) is 7.37. The monoisotopic (exact) mass is 374 g/mol. The molecule has 0 amide bonds. The zero-order chi connectivity index (χ0) is 18.8. The number of benzene rings is 3. The molecule has 4 nitrogen and oxygen atoms in total. The lowest BCUT2D eigenvalue weighted by atomic mass is 10.00. The zero-order valence-electron chi connectivity index (χ0n) is 14.8. The average molecular weight is 374 g/mol. The van der Waals surface area contributed by atoms with Gasteiger partial charge >= 0.3 is 0 Å². The fraction of sp³-hybridized carbons (Fsp3) is 0.136. The van der Waals surface area contributed by atoms with Gasteiger partial charge in [-0.05, 0) is 30.2 Å². The van der Waals surface area contributed by atoms with Crippen LogP contribution in [0.1, 0.15) is 28.4 Å². The van der Waals surface area contributed by atoms with Crippen molar-refractivity contribution >= 4 is 28.8 Å². The number of thioether (sulfide) groups is 1. The largest absolute Gasteiger partial charge is 0.269 e. The highest BCUT2D eigenvalue weighted by atomic mass is 32.2. The van der Waals surface area contributed by atoms with E-state index < -0.39 is 0 Å². The molecule has 0 saturated carbocycles. The summed E-state index contributed by atoms with van der Waals surface area (Å²) >= 11 is 1.76. The Hall–Kier alpha value is -2.92. The number of rotatable bonds is 3. The summed E-state index contributed by atoms with van der Waals surface area (Å²) < 4.78 is 0. The van der Waals surface area contributed by atoms with Gasteiger partial charge in [0.2, 0.25) is 0 Å². The van der Waals surface area contributed by atoms with Crippen molar-refractivity contribution in [3.05, 3.63) is 99.6 Å².